The molecule has 0 radical (unpaired) electrons. The molecule has 1 atom stereocenters. The summed E-state index contributed by atoms with van der Waals surface area (Å²) in [6.07, 6.45) is 4.34. The van der Waals surface area contributed by atoms with Crippen molar-refractivity contribution in [1.29, 1.82) is 0 Å². The summed E-state index contributed by atoms with van der Waals surface area (Å²) in [5.74, 6) is -0.890. The molecule has 1 N–H and O–H groups in total. The predicted molar refractivity (Wildman–Crippen MR) is 82.8 cm³/mol. The van der Waals surface area contributed by atoms with Crippen LogP contribution in [0, 0.1) is 0 Å². The van der Waals surface area contributed by atoms with Crippen LogP contribution in [-0.4, -0.2) is 35.7 Å². The lowest BCUT2D eigenvalue weighted by atomic mass is 10.0. The number of carbonyl (C=O) groups excluding carboxylic acids is 2. The maximum Gasteiger partial charge on any atom is 0.296 e. The van der Waals surface area contributed by atoms with Crippen LogP contribution >= 0.6 is 0 Å². The van der Waals surface area contributed by atoms with Gasteiger partial charge >= 0.3 is 0 Å². The molecule has 1 amide bonds. The number of anilines is 1. The Morgan fingerprint density at radius 3 is 2.33 bits per heavy atom. The Labute approximate surface area is 125 Å². The third-order valence-corrected chi connectivity index (χ3v) is 4.49. The molecule has 0 spiro atoms. The van der Waals surface area contributed by atoms with Crippen molar-refractivity contribution in [3.63, 3.8) is 0 Å². The van der Waals surface area contributed by atoms with E-state index in [1.54, 1.807) is 0 Å². The Morgan fingerprint density at radius 2 is 1.71 bits per heavy atom. The highest BCUT2D eigenvalue weighted by atomic mass is 16.2. The summed E-state index contributed by atoms with van der Waals surface area (Å²) in [6, 6.07) is 4.47. The molecule has 0 bridgehead atoms. The van der Waals surface area contributed by atoms with Gasteiger partial charge in [0.1, 0.15) is 0 Å². The highest BCUT2D eigenvalue weighted by Gasteiger charge is 2.33. The largest absolute Gasteiger partial charge is 0.318 e. The zero-order chi connectivity index (χ0) is 15.0. The number of Topliss-reactive ketones (excluding diaryl/α,β-unsaturated/α-hetero) is 1. The second-order valence-corrected chi connectivity index (χ2v) is 6.05. The van der Waals surface area contributed by atoms with Crippen molar-refractivity contribution >= 4 is 17.4 Å². The SMILES string of the molecule is CCCN(CCC)C1Cc2cc3c(cc2C1)C(=O)C(=O)N3. The fourth-order valence-corrected chi connectivity index (χ4v) is 3.55. The molecule has 0 saturated carbocycles. The highest BCUT2D eigenvalue weighted by Crippen LogP contribution is 2.33. The number of carbonyl (C=O) groups is 2. The number of amides is 1. The van der Waals surface area contributed by atoms with Gasteiger partial charge in [-0.2, -0.15) is 0 Å². The minimum Gasteiger partial charge on any atom is -0.318 e. The summed E-state index contributed by atoms with van der Waals surface area (Å²) in [6.45, 7) is 6.69. The molecule has 21 heavy (non-hydrogen) atoms. The van der Waals surface area contributed by atoms with E-state index in [1.807, 2.05) is 12.1 Å². The second-order valence-electron chi connectivity index (χ2n) is 6.05. The standard InChI is InChI=1S/C17H22N2O2/c1-3-5-19(6-4-2)13-7-11-9-14-15(10-12(11)8-13)18-17(21)16(14)20/h9-10,13H,3-8H2,1-2H3,(H,18,20,21). The van der Waals surface area contributed by atoms with Gasteiger partial charge in [0.05, 0.1) is 11.3 Å². The summed E-state index contributed by atoms with van der Waals surface area (Å²) < 4.78 is 0. The van der Waals surface area contributed by atoms with Crippen molar-refractivity contribution in [2.24, 2.45) is 0 Å². The molecule has 0 fully saturated rings. The maximum absolute atomic E-state index is 11.8. The van der Waals surface area contributed by atoms with Gasteiger partial charge in [-0.3, -0.25) is 14.5 Å². The Morgan fingerprint density at radius 1 is 1.10 bits per heavy atom. The monoisotopic (exact) mass is 286 g/mol. The topological polar surface area (TPSA) is 49.4 Å². The fourth-order valence-electron chi connectivity index (χ4n) is 3.55. The zero-order valence-electron chi connectivity index (χ0n) is 12.7. The number of rotatable bonds is 5. The van der Waals surface area contributed by atoms with Gasteiger partial charge < -0.3 is 5.32 Å². The van der Waals surface area contributed by atoms with Crippen LogP contribution in [0.5, 0.6) is 0 Å². The van der Waals surface area contributed by atoms with Crippen LogP contribution in [0.15, 0.2) is 12.1 Å². The molecule has 1 aromatic carbocycles. The lowest BCUT2D eigenvalue weighted by Gasteiger charge is -2.27. The molecule has 4 nitrogen and oxygen atoms in total. The van der Waals surface area contributed by atoms with E-state index >= 15 is 0 Å². The number of hydrogen-bond donors (Lipinski definition) is 1. The molecule has 4 heteroatoms. The first kappa shape index (κ1) is 14.3. The molecule has 0 aromatic heterocycles. The molecule has 1 aliphatic heterocycles. The van der Waals surface area contributed by atoms with Crippen molar-refractivity contribution in [2.75, 3.05) is 18.4 Å². The van der Waals surface area contributed by atoms with Gasteiger partial charge in [-0.05, 0) is 62.0 Å². The quantitative estimate of drug-likeness (QED) is 0.846. The van der Waals surface area contributed by atoms with E-state index in [4.69, 9.17) is 0 Å². The molecule has 1 aromatic rings. The van der Waals surface area contributed by atoms with Crippen LogP contribution in [0.4, 0.5) is 5.69 Å². The van der Waals surface area contributed by atoms with Crippen molar-refractivity contribution in [2.45, 2.75) is 45.6 Å². The first-order chi connectivity index (χ1) is 10.1. The number of nitrogens with zero attached hydrogens (tertiary/aromatic N) is 1. The van der Waals surface area contributed by atoms with Gasteiger partial charge in [0.15, 0.2) is 0 Å². The van der Waals surface area contributed by atoms with Crippen LogP contribution in [0.3, 0.4) is 0 Å². The fraction of sp³-hybridized carbons (Fsp3) is 0.529. The Bertz CT molecular complexity index is 589. The average molecular weight is 286 g/mol. The van der Waals surface area contributed by atoms with Crippen LogP contribution in [0.2, 0.25) is 0 Å². The molecule has 112 valence electrons. The maximum atomic E-state index is 11.8. The number of hydrogen-bond acceptors (Lipinski definition) is 3. The van der Waals surface area contributed by atoms with E-state index in [0.29, 0.717) is 17.3 Å². The van der Waals surface area contributed by atoms with Crippen molar-refractivity contribution in [1.82, 2.24) is 4.90 Å². The lowest BCUT2D eigenvalue weighted by Crippen LogP contribution is -2.37. The second kappa shape index (κ2) is 5.60. The number of nitrogens with one attached hydrogen (secondary N) is 1. The first-order valence-electron chi connectivity index (χ1n) is 7.89. The minimum atomic E-state index is -0.496. The van der Waals surface area contributed by atoms with Crippen molar-refractivity contribution in [3.8, 4) is 0 Å². The molecule has 1 unspecified atom stereocenters. The summed E-state index contributed by atoms with van der Waals surface area (Å²) >= 11 is 0. The number of fused-ring (bicyclic) bond motifs is 2. The van der Waals surface area contributed by atoms with Gasteiger partial charge in [0, 0.05) is 6.04 Å². The van der Waals surface area contributed by atoms with Gasteiger partial charge in [-0.25, -0.2) is 0 Å². The smallest absolute Gasteiger partial charge is 0.296 e. The van der Waals surface area contributed by atoms with E-state index in [2.05, 4.69) is 24.1 Å². The minimum absolute atomic E-state index is 0.393. The number of benzene rings is 1. The van der Waals surface area contributed by atoms with E-state index < -0.39 is 11.7 Å². The third kappa shape index (κ3) is 2.48. The molecule has 3 rings (SSSR count). The predicted octanol–water partition coefficient (Wildman–Crippen LogP) is 2.41. The van der Waals surface area contributed by atoms with E-state index in [1.165, 1.54) is 11.1 Å². The average Bonchev–Trinajstić information content (AvgIpc) is 2.98. The van der Waals surface area contributed by atoms with Crippen molar-refractivity contribution < 1.29 is 9.59 Å². The summed E-state index contributed by atoms with van der Waals surface area (Å²) in [5, 5.41) is 2.67. The normalized spacial score (nSPS) is 19.9. The first-order valence-corrected chi connectivity index (χ1v) is 7.89. The van der Waals surface area contributed by atoms with Gasteiger partial charge in [-0.15, -0.1) is 0 Å². The van der Waals surface area contributed by atoms with Gasteiger partial charge in [0.2, 0.25) is 0 Å². The summed E-state index contributed by atoms with van der Waals surface area (Å²) in [7, 11) is 0. The summed E-state index contributed by atoms with van der Waals surface area (Å²) in [4.78, 5) is 25.8. The molecular weight excluding hydrogens is 264 g/mol. The lowest BCUT2D eigenvalue weighted by molar-refractivity contribution is -0.112. The van der Waals surface area contributed by atoms with Crippen molar-refractivity contribution in [3.05, 3.63) is 28.8 Å². The van der Waals surface area contributed by atoms with Gasteiger partial charge in [-0.1, -0.05) is 13.8 Å². The molecule has 0 saturated heterocycles. The molecule has 2 aliphatic rings. The van der Waals surface area contributed by atoms with Crippen LogP contribution in [0.25, 0.3) is 0 Å². The molecular formula is C17H22N2O2. The zero-order valence-corrected chi connectivity index (χ0v) is 12.7. The molecule has 1 aliphatic carbocycles. The van der Waals surface area contributed by atoms with Crippen LogP contribution < -0.4 is 5.32 Å². The van der Waals surface area contributed by atoms with Crippen LogP contribution in [-0.2, 0) is 17.6 Å². The van der Waals surface area contributed by atoms with E-state index in [9.17, 15) is 9.59 Å². The Kier molecular flexibility index (Phi) is 3.81. The van der Waals surface area contributed by atoms with Crippen LogP contribution in [0.1, 0.15) is 48.2 Å². The summed E-state index contributed by atoms with van der Waals surface area (Å²) in [5.41, 5.74) is 3.77. The van der Waals surface area contributed by atoms with E-state index in [-0.39, 0.29) is 0 Å². The number of ketones is 1. The molecule has 1 heterocycles. The third-order valence-electron chi connectivity index (χ3n) is 4.49. The van der Waals surface area contributed by atoms with Gasteiger partial charge in [0.25, 0.3) is 11.7 Å². The Hall–Kier alpha value is -1.68. The Balaban J connectivity index is 1.82. The van der Waals surface area contributed by atoms with E-state index in [0.717, 1.165) is 38.8 Å². The highest BCUT2D eigenvalue weighted by molar-refractivity contribution is 6.51.